The molecule has 3 heterocycles. The largest absolute Gasteiger partial charge is 0.507 e. The molecule has 1 N–H and O–H groups in total. The van der Waals surface area contributed by atoms with Gasteiger partial charge in [-0.25, -0.2) is 0 Å². The van der Waals surface area contributed by atoms with Crippen LogP contribution in [0.5, 0.6) is 0 Å². The van der Waals surface area contributed by atoms with E-state index in [9.17, 15) is 14.7 Å². The second kappa shape index (κ2) is 7.57. The van der Waals surface area contributed by atoms with Crippen LogP contribution in [-0.2, 0) is 23.7 Å². The molecular weight excluding hydrogens is 418 g/mol. The number of hydrogen-bond acceptors (Lipinski definition) is 5. The number of aliphatic hydroxyl groups is 1. The topological polar surface area (TPSA) is 93.2 Å². The molecule has 1 aliphatic heterocycles. The van der Waals surface area contributed by atoms with Crippen molar-refractivity contribution in [2.45, 2.75) is 65.5 Å². The molecule has 1 amide bonds. The molecule has 2 aliphatic carbocycles. The Kier molecular flexibility index (Phi) is 5.03. The number of carbonyl (C=O) groups is 2. The number of amides is 1. The van der Waals surface area contributed by atoms with Crippen molar-refractivity contribution in [3.63, 3.8) is 0 Å². The molecule has 5 atom stereocenters. The molecule has 2 aromatic heterocycles. The zero-order valence-electron chi connectivity index (χ0n) is 20.3. The third kappa shape index (κ3) is 3.09. The smallest absolute Gasteiger partial charge is 0.295 e. The number of carbonyl (C=O) groups excluding carboxylic acids is 2. The Morgan fingerprint density at radius 1 is 1.09 bits per heavy atom. The normalized spacial score (nSPS) is 29.5. The second-order valence-corrected chi connectivity index (χ2v) is 10.3. The molecule has 8 heteroatoms. The van der Waals surface area contributed by atoms with Gasteiger partial charge < -0.3 is 10.0 Å². The van der Waals surface area contributed by atoms with Crippen molar-refractivity contribution < 1.29 is 14.7 Å². The Morgan fingerprint density at radius 2 is 1.82 bits per heavy atom. The number of likely N-dealkylation sites (tertiary alicyclic amines) is 1. The quantitative estimate of drug-likeness (QED) is 0.437. The van der Waals surface area contributed by atoms with Gasteiger partial charge in [-0.3, -0.25) is 19.0 Å². The van der Waals surface area contributed by atoms with E-state index >= 15 is 0 Å². The highest BCUT2D eigenvalue weighted by Gasteiger charge is 2.53. The van der Waals surface area contributed by atoms with Gasteiger partial charge in [0.15, 0.2) is 0 Å². The lowest BCUT2D eigenvalue weighted by molar-refractivity contribution is -0.142. The summed E-state index contributed by atoms with van der Waals surface area (Å²) in [6.07, 6.45) is 6.53. The molecule has 8 nitrogen and oxygen atoms in total. The van der Waals surface area contributed by atoms with Crippen molar-refractivity contribution in [2.24, 2.45) is 31.8 Å². The summed E-state index contributed by atoms with van der Waals surface area (Å²) in [5, 5.41) is 20.3. The lowest BCUT2D eigenvalue weighted by Crippen LogP contribution is -2.43. The fourth-order valence-corrected chi connectivity index (χ4v) is 6.70. The number of aliphatic hydroxyl groups excluding tert-OH is 1. The maximum absolute atomic E-state index is 13.5. The minimum Gasteiger partial charge on any atom is -0.507 e. The zero-order chi connectivity index (χ0) is 23.8. The molecule has 3 aliphatic rings. The van der Waals surface area contributed by atoms with Crippen molar-refractivity contribution >= 4 is 17.4 Å². The van der Waals surface area contributed by atoms with Crippen LogP contribution in [0.1, 0.15) is 66.9 Å². The molecule has 0 spiro atoms. The van der Waals surface area contributed by atoms with E-state index in [1.54, 1.807) is 34.4 Å². The van der Waals surface area contributed by atoms with E-state index in [-0.39, 0.29) is 17.4 Å². The molecule has 33 heavy (non-hydrogen) atoms. The summed E-state index contributed by atoms with van der Waals surface area (Å²) in [7, 11) is 3.65. The van der Waals surface area contributed by atoms with Gasteiger partial charge in [-0.15, -0.1) is 0 Å². The lowest BCUT2D eigenvalue weighted by Gasteiger charge is -2.37. The lowest BCUT2D eigenvalue weighted by atomic mass is 9.82. The zero-order valence-corrected chi connectivity index (χ0v) is 20.3. The SMILES string of the molecule is Cc1nn(C)c(C)c1C(O)=C1C(=O)C(=O)N([C@H](C)[C@@H]2C[C@@H]3CC[C@@H]2C3)[C@@H]1c1cnn(C)c1C. The first kappa shape index (κ1) is 21.9. The summed E-state index contributed by atoms with van der Waals surface area (Å²) in [6.45, 7) is 7.68. The monoisotopic (exact) mass is 451 g/mol. The van der Waals surface area contributed by atoms with Crippen LogP contribution in [0.3, 0.4) is 0 Å². The molecule has 3 fully saturated rings. The number of hydrogen-bond donors (Lipinski definition) is 1. The third-order valence-corrected chi connectivity index (χ3v) is 8.64. The van der Waals surface area contributed by atoms with E-state index in [1.165, 1.54) is 19.3 Å². The minimum atomic E-state index is -0.660. The van der Waals surface area contributed by atoms with Crippen LogP contribution in [-0.4, -0.2) is 47.3 Å². The van der Waals surface area contributed by atoms with Crippen LogP contribution in [0.2, 0.25) is 0 Å². The number of fused-ring (bicyclic) bond motifs is 2. The number of nitrogens with zero attached hydrogens (tertiary/aromatic N) is 5. The Morgan fingerprint density at radius 3 is 2.33 bits per heavy atom. The highest BCUT2D eigenvalue weighted by molar-refractivity contribution is 6.46. The Labute approximate surface area is 194 Å². The highest BCUT2D eigenvalue weighted by atomic mass is 16.3. The second-order valence-electron chi connectivity index (χ2n) is 10.3. The Bertz CT molecular complexity index is 1190. The molecule has 0 unspecified atom stereocenters. The van der Waals surface area contributed by atoms with Crippen molar-refractivity contribution in [1.29, 1.82) is 0 Å². The molecule has 0 aromatic carbocycles. The van der Waals surface area contributed by atoms with Gasteiger partial charge in [-0.05, 0) is 64.7 Å². The van der Waals surface area contributed by atoms with Gasteiger partial charge >= 0.3 is 0 Å². The first-order valence-corrected chi connectivity index (χ1v) is 11.9. The molecule has 1 saturated heterocycles. The fourth-order valence-electron chi connectivity index (χ4n) is 6.70. The van der Waals surface area contributed by atoms with Gasteiger partial charge in [0, 0.05) is 37.1 Å². The summed E-state index contributed by atoms with van der Waals surface area (Å²) in [4.78, 5) is 28.7. The van der Waals surface area contributed by atoms with E-state index in [0.717, 1.165) is 29.3 Å². The van der Waals surface area contributed by atoms with Gasteiger partial charge in [0.25, 0.3) is 11.7 Å². The summed E-state index contributed by atoms with van der Waals surface area (Å²) in [5.41, 5.74) is 3.70. The van der Waals surface area contributed by atoms with E-state index in [0.29, 0.717) is 23.1 Å². The number of rotatable bonds is 4. The molecule has 2 saturated carbocycles. The highest BCUT2D eigenvalue weighted by Crippen LogP contribution is 2.52. The number of ketones is 1. The first-order chi connectivity index (χ1) is 15.6. The van der Waals surface area contributed by atoms with Crippen LogP contribution in [0, 0.1) is 38.5 Å². The summed E-state index contributed by atoms with van der Waals surface area (Å²) >= 11 is 0. The van der Waals surface area contributed by atoms with Gasteiger partial charge in [-0.2, -0.15) is 10.2 Å². The minimum absolute atomic E-state index is 0.0947. The predicted molar refractivity (Wildman–Crippen MR) is 123 cm³/mol. The maximum atomic E-state index is 13.5. The van der Waals surface area contributed by atoms with Gasteiger partial charge in [0.2, 0.25) is 0 Å². The van der Waals surface area contributed by atoms with Crippen LogP contribution in [0.15, 0.2) is 11.8 Å². The van der Waals surface area contributed by atoms with Crippen LogP contribution in [0.4, 0.5) is 0 Å². The molecule has 176 valence electrons. The predicted octanol–water partition coefficient (Wildman–Crippen LogP) is 3.33. The van der Waals surface area contributed by atoms with Crippen LogP contribution in [0.25, 0.3) is 5.76 Å². The van der Waals surface area contributed by atoms with Crippen LogP contribution < -0.4 is 0 Å². The third-order valence-electron chi connectivity index (χ3n) is 8.64. The van der Waals surface area contributed by atoms with Crippen molar-refractivity contribution in [3.05, 3.63) is 40.0 Å². The van der Waals surface area contributed by atoms with E-state index in [4.69, 9.17) is 0 Å². The number of aromatic nitrogens is 4. The number of Topliss-reactive ketones (excluding diaryl/α,β-unsaturated/α-hetero) is 1. The van der Waals surface area contributed by atoms with Gasteiger partial charge in [-0.1, -0.05) is 6.42 Å². The molecule has 2 aromatic rings. The Balaban J connectivity index is 1.68. The molecular formula is C25H33N5O3. The van der Waals surface area contributed by atoms with Gasteiger partial charge in [0.1, 0.15) is 5.76 Å². The molecule has 2 bridgehead atoms. The first-order valence-electron chi connectivity index (χ1n) is 11.9. The number of aryl methyl sites for hydroxylation is 3. The van der Waals surface area contributed by atoms with Crippen molar-refractivity contribution in [3.8, 4) is 0 Å². The van der Waals surface area contributed by atoms with Gasteiger partial charge in [0.05, 0.1) is 29.1 Å². The van der Waals surface area contributed by atoms with E-state index in [2.05, 4.69) is 17.1 Å². The van der Waals surface area contributed by atoms with E-state index in [1.807, 2.05) is 20.9 Å². The Hall–Kier alpha value is -2.90. The van der Waals surface area contributed by atoms with E-state index < -0.39 is 17.7 Å². The summed E-state index contributed by atoms with van der Waals surface area (Å²) in [5.74, 6) is 0.417. The summed E-state index contributed by atoms with van der Waals surface area (Å²) < 4.78 is 3.43. The maximum Gasteiger partial charge on any atom is 0.295 e. The molecule has 5 rings (SSSR count). The van der Waals surface area contributed by atoms with Crippen molar-refractivity contribution in [2.75, 3.05) is 0 Å². The standard InChI is InChI=1S/C25H33N5O3/c1-12-20(15(4)29(6)27-12)23(31)21-22(19-11-26-28(5)13(19)2)30(25(33)24(21)32)14(3)18-10-16-7-8-17(18)9-16/h11,14,16-18,22,31H,7-10H2,1-6H3/t14-,16-,17-,18+,22-/m1/s1. The molecule has 0 radical (unpaired) electrons. The average molecular weight is 452 g/mol. The summed E-state index contributed by atoms with van der Waals surface area (Å²) in [6, 6.07) is -0.755. The average Bonchev–Trinajstić information content (AvgIpc) is 3.56. The van der Waals surface area contributed by atoms with Crippen molar-refractivity contribution in [1.82, 2.24) is 24.5 Å². The van der Waals surface area contributed by atoms with Crippen LogP contribution >= 0.6 is 0 Å². The fraction of sp³-hybridized carbons (Fsp3) is 0.600.